The summed E-state index contributed by atoms with van der Waals surface area (Å²) in [6.07, 6.45) is 3.01. The van der Waals surface area contributed by atoms with Gasteiger partial charge in [0.25, 0.3) is 0 Å². The number of carbonyl (C=O) groups is 2. The summed E-state index contributed by atoms with van der Waals surface area (Å²) in [7, 11) is 4.23. The van der Waals surface area contributed by atoms with Gasteiger partial charge in [-0.1, -0.05) is 23.9 Å². The molecule has 0 unspecified atom stereocenters. The smallest absolute Gasteiger partial charge is 0.414 e. The number of hydrogen-bond acceptors (Lipinski definition) is 6. The van der Waals surface area contributed by atoms with Gasteiger partial charge in [0.2, 0.25) is 0 Å². The minimum Gasteiger partial charge on any atom is -0.473 e. The van der Waals surface area contributed by atoms with Gasteiger partial charge < -0.3 is 20.0 Å². The Morgan fingerprint density at radius 3 is 2.38 bits per heavy atom. The van der Waals surface area contributed by atoms with Crippen LogP contribution in [0.15, 0.2) is 52.4 Å². The van der Waals surface area contributed by atoms with Crippen LogP contribution in [-0.2, 0) is 9.59 Å². The van der Waals surface area contributed by atoms with Crippen LogP contribution < -0.4 is 4.90 Å². The van der Waals surface area contributed by atoms with Gasteiger partial charge in [0, 0.05) is 17.6 Å². The molecule has 26 heavy (non-hydrogen) atoms. The summed E-state index contributed by atoms with van der Waals surface area (Å²) in [4.78, 5) is 29.9. The first-order valence-corrected chi connectivity index (χ1v) is 8.82. The lowest BCUT2D eigenvalue weighted by Crippen LogP contribution is -2.26. The topological polar surface area (TPSA) is 94.0 Å². The second-order valence-electron chi connectivity index (χ2n) is 5.81. The first kappa shape index (κ1) is 19.7. The highest BCUT2D eigenvalue weighted by Crippen LogP contribution is 2.46. The molecule has 0 amide bonds. The molecule has 0 saturated heterocycles. The standard InChI is InChI=1S/C16H19N3S.C2H2O4/c1-18(2)11-6-12-19-13-7-3-4-8-14(13)20-15-9-5-10-17-16(15)19;3-1(4)2(5)6/h3-5,7-10H,6,11-12H2,1-2H3;(H,3,4)(H,5,6). The Morgan fingerprint density at radius 2 is 1.73 bits per heavy atom. The zero-order chi connectivity index (χ0) is 19.1. The lowest BCUT2D eigenvalue weighted by molar-refractivity contribution is -0.159. The molecule has 8 heteroatoms. The molecule has 3 rings (SSSR count). The molecule has 0 radical (unpaired) electrons. The van der Waals surface area contributed by atoms with Gasteiger partial charge in [-0.3, -0.25) is 0 Å². The number of nitrogens with zero attached hydrogens (tertiary/aromatic N) is 3. The Morgan fingerprint density at radius 1 is 1.08 bits per heavy atom. The van der Waals surface area contributed by atoms with E-state index in [9.17, 15) is 0 Å². The van der Waals surface area contributed by atoms with Crippen molar-refractivity contribution < 1.29 is 19.8 Å². The third kappa shape index (κ3) is 5.21. The highest BCUT2D eigenvalue weighted by Gasteiger charge is 2.23. The third-order valence-corrected chi connectivity index (χ3v) is 4.66. The first-order chi connectivity index (χ1) is 12.4. The molecule has 1 aromatic carbocycles. The molecule has 1 aromatic heterocycles. The van der Waals surface area contributed by atoms with E-state index in [0.717, 1.165) is 25.3 Å². The largest absolute Gasteiger partial charge is 0.473 e. The minimum atomic E-state index is -1.82. The summed E-state index contributed by atoms with van der Waals surface area (Å²) in [6, 6.07) is 12.8. The van der Waals surface area contributed by atoms with E-state index in [2.05, 4.69) is 59.2 Å². The van der Waals surface area contributed by atoms with E-state index in [1.54, 1.807) is 0 Å². The van der Waals surface area contributed by atoms with Gasteiger partial charge in [0.1, 0.15) is 5.82 Å². The van der Waals surface area contributed by atoms with E-state index in [1.807, 2.05) is 24.0 Å². The maximum atomic E-state index is 9.10. The van der Waals surface area contributed by atoms with Crippen LogP contribution in [0, 0.1) is 0 Å². The summed E-state index contributed by atoms with van der Waals surface area (Å²) < 4.78 is 0. The van der Waals surface area contributed by atoms with Crippen molar-refractivity contribution in [3.8, 4) is 0 Å². The Hall–Kier alpha value is -2.58. The number of hydrogen-bond donors (Lipinski definition) is 2. The number of rotatable bonds is 4. The SMILES string of the molecule is CN(C)CCCN1c2ccccc2Sc2cccnc21.O=C(O)C(=O)O. The van der Waals surface area contributed by atoms with Crippen LogP contribution in [-0.4, -0.2) is 59.2 Å². The van der Waals surface area contributed by atoms with Crippen LogP contribution >= 0.6 is 11.8 Å². The third-order valence-electron chi connectivity index (χ3n) is 3.55. The average molecular weight is 375 g/mol. The van der Waals surface area contributed by atoms with Crippen LogP contribution in [0.4, 0.5) is 11.5 Å². The number of aromatic nitrogens is 1. The number of anilines is 2. The number of benzene rings is 1. The second kappa shape index (κ2) is 9.21. The van der Waals surface area contributed by atoms with Gasteiger partial charge in [0.15, 0.2) is 0 Å². The highest BCUT2D eigenvalue weighted by atomic mass is 32.2. The minimum absolute atomic E-state index is 1.000. The average Bonchev–Trinajstić information content (AvgIpc) is 2.61. The van der Waals surface area contributed by atoms with Crippen molar-refractivity contribution in [1.82, 2.24) is 9.88 Å². The van der Waals surface area contributed by atoms with Crippen molar-refractivity contribution in [2.75, 3.05) is 32.1 Å². The van der Waals surface area contributed by atoms with Crippen molar-refractivity contribution in [1.29, 1.82) is 0 Å². The molecule has 138 valence electrons. The van der Waals surface area contributed by atoms with Gasteiger partial charge in [-0.15, -0.1) is 0 Å². The van der Waals surface area contributed by atoms with Crippen LogP contribution in [0.5, 0.6) is 0 Å². The zero-order valence-corrected chi connectivity index (χ0v) is 15.4. The van der Waals surface area contributed by atoms with Crippen molar-refractivity contribution in [2.45, 2.75) is 16.2 Å². The maximum Gasteiger partial charge on any atom is 0.414 e. The fraction of sp³-hybridized carbons (Fsp3) is 0.278. The van der Waals surface area contributed by atoms with Gasteiger partial charge in [0.05, 0.1) is 10.6 Å². The number of fused-ring (bicyclic) bond motifs is 2. The number of carboxylic acid groups (broad SMARTS) is 2. The van der Waals surface area contributed by atoms with E-state index < -0.39 is 11.9 Å². The Labute approximate surface area is 156 Å². The van der Waals surface area contributed by atoms with E-state index in [-0.39, 0.29) is 0 Å². The Kier molecular flexibility index (Phi) is 6.99. The first-order valence-electron chi connectivity index (χ1n) is 8.00. The molecule has 0 saturated carbocycles. The molecule has 0 bridgehead atoms. The molecular formula is C18H21N3O4S. The van der Waals surface area contributed by atoms with Crippen molar-refractivity contribution in [3.63, 3.8) is 0 Å². The number of aliphatic carboxylic acids is 2. The summed E-state index contributed by atoms with van der Waals surface area (Å²) >= 11 is 1.81. The van der Waals surface area contributed by atoms with Crippen LogP contribution in [0.25, 0.3) is 0 Å². The number of para-hydroxylation sites is 1. The Balaban J connectivity index is 0.000000352. The fourth-order valence-electron chi connectivity index (χ4n) is 2.44. The predicted molar refractivity (Wildman–Crippen MR) is 100 cm³/mol. The van der Waals surface area contributed by atoms with E-state index >= 15 is 0 Å². The van der Waals surface area contributed by atoms with Crippen molar-refractivity contribution in [3.05, 3.63) is 42.6 Å². The molecule has 0 spiro atoms. The molecule has 1 aliphatic heterocycles. The molecule has 1 aliphatic rings. The van der Waals surface area contributed by atoms with Crippen LogP contribution in [0.2, 0.25) is 0 Å². The molecule has 2 N–H and O–H groups in total. The maximum absolute atomic E-state index is 9.10. The van der Waals surface area contributed by atoms with Crippen LogP contribution in [0.1, 0.15) is 6.42 Å². The van der Waals surface area contributed by atoms with E-state index in [4.69, 9.17) is 19.8 Å². The summed E-state index contributed by atoms with van der Waals surface area (Å²) in [5.74, 6) is -2.56. The second-order valence-corrected chi connectivity index (χ2v) is 6.90. The molecule has 0 atom stereocenters. The Bertz CT molecular complexity index is 725. The molecule has 0 fully saturated rings. The lowest BCUT2D eigenvalue weighted by Gasteiger charge is -2.31. The normalized spacial score (nSPS) is 11.9. The zero-order valence-electron chi connectivity index (χ0n) is 14.6. The fourth-order valence-corrected chi connectivity index (χ4v) is 3.50. The van der Waals surface area contributed by atoms with Crippen molar-refractivity contribution >= 4 is 35.2 Å². The van der Waals surface area contributed by atoms with E-state index in [0.29, 0.717) is 0 Å². The number of carboxylic acids is 2. The van der Waals surface area contributed by atoms with Gasteiger partial charge in [-0.05, 0) is 51.3 Å². The van der Waals surface area contributed by atoms with E-state index in [1.165, 1.54) is 15.5 Å². The summed E-state index contributed by atoms with van der Waals surface area (Å²) in [6.45, 7) is 2.09. The molecule has 2 aromatic rings. The molecule has 0 aliphatic carbocycles. The molecular weight excluding hydrogens is 354 g/mol. The molecule has 2 heterocycles. The quantitative estimate of drug-likeness (QED) is 0.788. The van der Waals surface area contributed by atoms with Crippen molar-refractivity contribution in [2.24, 2.45) is 0 Å². The number of pyridine rings is 1. The summed E-state index contributed by atoms with van der Waals surface area (Å²) in [5, 5.41) is 14.8. The molecule has 7 nitrogen and oxygen atoms in total. The van der Waals surface area contributed by atoms with Gasteiger partial charge in [-0.2, -0.15) is 0 Å². The van der Waals surface area contributed by atoms with Gasteiger partial charge in [-0.25, -0.2) is 14.6 Å². The summed E-state index contributed by atoms with van der Waals surface area (Å²) in [5.41, 5.74) is 1.28. The lowest BCUT2D eigenvalue weighted by atomic mass is 10.2. The van der Waals surface area contributed by atoms with Gasteiger partial charge >= 0.3 is 11.9 Å². The van der Waals surface area contributed by atoms with Crippen LogP contribution in [0.3, 0.4) is 0 Å². The predicted octanol–water partition coefficient (Wildman–Crippen LogP) is 2.79. The monoisotopic (exact) mass is 375 g/mol. The highest BCUT2D eigenvalue weighted by molar-refractivity contribution is 7.99.